The van der Waals surface area contributed by atoms with Crippen molar-refractivity contribution in [2.75, 3.05) is 44.7 Å². The second-order valence-electron chi connectivity index (χ2n) is 9.10. The highest BCUT2D eigenvalue weighted by Crippen LogP contribution is 2.40. The highest BCUT2D eigenvalue weighted by Gasteiger charge is 2.25. The molecule has 1 atom stereocenters. The predicted molar refractivity (Wildman–Crippen MR) is 145 cm³/mol. The molecule has 1 saturated heterocycles. The van der Waals surface area contributed by atoms with E-state index in [2.05, 4.69) is 20.4 Å². The number of hydrogen-bond acceptors (Lipinski definition) is 8. The van der Waals surface area contributed by atoms with E-state index in [0.29, 0.717) is 28.8 Å². The molecule has 0 saturated carbocycles. The number of hydrogen-bond donors (Lipinski definition) is 2. The molecular formula is C28H31N5O5. The fourth-order valence-electron chi connectivity index (χ4n) is 5.04. The molecule has 3 heterocycles. The molecule has 1 aliphatic rings. The van der Waals surface area contributed by atoms with Gasteiger partial charge in [-0.1, -0.05) is 18.2 Å². The zero-order valence-corrected chi connectivity index (χ0v) is 21.7. The number of anilines is 2. The number of amides is 1. The largest absolute Gasteiger partial charge is 0.493 e. The molecule has 4 aromatic rings. The number of aliphatic hydroxyl groups is 1. The van der Waals surface area contributed by atoms with Crippen LogP contribution in [0.15, 0.2) is 54.7 Å². The number of fused-ring (bicyclic) bond motifs is 1. The number of nitrogens with zero attached hydrogens (tertiary/aromatic N) is 4. The third-order valence-corrected chi connectivity index (χ3v) is 6.86. The smallest absolute Gasteiger partial charge is 0.228 e. The summed E-state index contributed by atoms with van der Waals surface area (Å²) in [4.78, 5) is 15.2. The Balaban J connectivity index is 1.39. The average molecular weight is 518 g/mol. The van der Waals surface area contributed by atoms with E-state index in [4.69, 9.17) is 14.2 Å². The monoisotopic (exact) mass is 517 g/mol. The van der Waals surface area contributed by atoms with Gasteiger partial charge in [0.25, 0.3) is 0 Å². The quantitative estimate of drug-likeness (QED) is 0.347. The van der Waals surface area contributed by atoms with Crippen molar-refractivity contribution < 1.29 is 24.1 Å². The number of para-hydroxylation sites is 1. The van der Waals surface area contributed by atoms with Crippen molar-refractivity contribution >= 4 is 28.3 Å². The molecule has 0 bridgehead atoms. The predicted octanol–water partition coefficient (Wildman–Crippen LogP) is 3.59. The zero-order chi connectivity index (χ0) is 26.6. The molecule has 1 unspecified atom stereocenters. The lowest BCUT2D eigenvalue weighted by molar-refractivity contribution is -0.115. The first-order valence-electron chi connectivity index (χ1n) is 12.5. The van der Waals surface area contributed by atoms with Crippen LogP contribution in [0.2, 0.25) is 0 Å². The van der Waals surface area contributed by atoms with Gasteiger partial charge in [-0.25, -0.2) is 0 Å². The van der Waals surface area contributed by atoms with E-state index in [1.165, 1.54) is 21.3 Å². The number of ether oxygens (including phenoxy) is 3. The van der Waals surface area contributed by atoms with Crippen LogP contribution in [0.5, 0.6) is 17.2 Å². The highest BCUT2D eigenvalue weighted by molar-refractivity contribution is 5.96. The summed E-state index contributed by atoms with van der Waals surface area (Å²) in [5.74, 6) is 2.60. The molecule has 2 aromatic heterocycles. The Morgan fingerprint density at radius 2 is 1.74 bits per heavy atom. The maximum absolute atomic E-state index is 13.1. The Kier molecular flexibility index (Phi) is 7.32. The number of rotatable bonds is 9. The van der Waals surface area contributed by atoms with Crippen molar-refractivity contribution in [1.29, 1.82) is 0 Å². The molecule has 5 rings (SSSR count). The number of carbonyl (C=O) groups excluding carboxylic acids is 1. The summed E-state index contributed by atoms with van der Waals surface area (Å²) in [6, 6.07) is 15.2. The van der Waals surface area contributed by atoms with Crippen molar-refractivity contribution in [3.8, 4) is 23.1 Å². The SMILES string of the molecule is COc1cc(NC(=O)Cc2cn(-c3ccc(N4CCCC4CO)nn3)c3ccccc23)cc(OC)c1OC. The van der Waals surface area contributed by atoms with Crippen molar-refractivity contribution in [3.63, 3.8) is 0 Å². The van der Waals surface area contributed by atoms with Gasteiger partial charge in [0.05, 0.1) is 45.9 Å². The minimum Gasteiger partial charge on any atom is -0.493 e. The van der Waals surface area contributed by atoms with E-state index in [9.17, 15) is 9.90 Å². The van der Waals surface area contributed by atoms with Gasteiger partial charge in [0, 0.05) is 35.9 Å². The summed E-state index contributed by atoms with van der Waals surface area (Å²) >= 11 is 0. The van der Waals surface area contributed by atoms with Gasteiger partial charge in [0.2, 0.25) is 11.7 Å². The molecule has 1 fully saturated rings. The van der Waals surface area contributed by atoms with Crippen LogP contribution in [0.1, 0.15) is 18.4 Å². The number of benzene rings is 2. The zero-order valence-electron chi connectivity index (χ0n) is 21.7. The Morgan fingerprint density at radius 1 is 1.03 bits per heavy atom. The first-order valence-corrected chi connectivity index (χ1v) is 12.5. The van der Waals surface area contributed by atoms with Crippen LogP contribution in [-0.2, 0) is 11.2 Å². The number of carbonyl (C=O) groups is 1. The molecule has 10 nitrogen and oxygen atoms in total. The van der Waals surface area contributed by atoms with E-state index in [0.717, 1.165) is 41.7 Å². The van der Waals surface area contributed by atoms with E-state index in [-0.39, 0.29) is 25.0 Å². The topological polar surface area (TPSA) is 111 Å². The third kappa shape index (κ3) is 4.82. The summed E-state index contributed by atoms with van der Waals surface area (Å²) in [6.45, 7) is 0.962. The van der Waals surface area contributed by atoms with E-state index >= 15 is 0 Å². The number of aromatic nitrogens is 3. The number of methoxy groups -OCH3 is 3. The summed E-state index contributed by atoms with van der Waals surface area (Å²) in [5, 5.41) is 22.5. The Bertz CT molecular complexity index is 1410. The fraction of sp³-hybridized carbons (Fsp3) is 0.321. The molecule has 0 aliphatic carbocycles. The van der Waals surface area contributed by atoms with Crippen LogP contribution in [0.4, 0.5) is 11.5 Å². The molecule has 1 amide bonds. The molecule has 0 radical (unpaired) electrons. The first-order chi connectivity index (χ1) is 18.6. The van der Waals surface area contributed by atoms with Crippen LogP contribution >= 0.6 is 0 Å². The molecule has 198 valence electrons. The summed E-state index contributed by atoms with van der Waals surface area (Å²) < 4.78 is 18.1. The van der Waals surface area contributed by atoms with Gasteiger partial charge in [-0.2, -0.15) is 0 Å². The van der Waals surface area contributed by atoms with Crippen molar-refractivity contribution in [3.05, 3.63) is 60.3 Å². The minimum atomic E-state index is -0.187. The molecule has 10 heteroatoms. The second-order valence-corrected chi connectivity index (χ2v) is 9.10. The summed E-state index contributed by atoms with van der Waals surface area (Å²) in [6.07, 6.45) is 4.05. The lowest BCUT2D eigenvalue weighted by Gasteiger charge is -2.23. The lowest BCUT2D eigenvalue weighted by Crippen LogP contribution is -2.32. The van der Waals surface area contributed by atoms with E-state index in [1.54, 1.807) is 12.1 Å². The van der Waals surface area contributed by atoms with Gasteiger partial charge in [0.1, 0.15) is 0 Å². The molecule has 1 aliphatic heterocycles. The minimum absolute atomic E-state index is 0.0818. The normalized spacial score (nSPS) is 15.1. The van der Waals surface area contributed by atoms with Crippen molar-refractivity contribution in [1.82, 2.24) is 14.8 Å². The first kappa shape index (κ1) is 25.3. The van der Waals surface area contributed by atoms with Gasteiger partial charge in [-0.05, 0) is 36.6 Å². The molecular weight excluding hydrogens is 486 g/mol. The molecule has 38 heavy (non-hydrogen) atoms. The van der Waals surface area contributed by atoms with Crippen LogP contribution in [0, 0.1) is 0 Å². The van der Waals surface area contributed by atoms with Crippen LogP contribution in [0.25, 0.3) is 16.7 Å². The average Bonchev–Trinajstić information content (AvgIpc) is 3.57. The van der Waals surface area contributed by atoms with Gasteiger partial charge in [0.15, 0.2) is 23.1 Å². The Labute approximate surface area is 220 Å². The second kappa shape index (κ2) is 11.0. The van der Waals surface area contributed by atoms with Crippen molar-refractivity contribution in [2.45, 2.75) is 25.3 Å². The van der Waals surface area contributed by atoms with E-state index in [1.807, 2.05) is 47.2 Å². The number of aliphatic hydroxyl groups excluding tert-OH is 1. The standard InChI is InChI=1S/C28H31N5O5/c1-36-23-14-19(15-24(37-2)28(23)38-3)29-27(35)13-18-16-33(22-9-5-4-8-21(18)22)26-11-10-25(30-31-26)32-12-6-7-20(32)17-34/h4-5,8-11,14-16,20,34H,6-7,12-13,17H2,1-3H3,(H,29,35). The van der Waals surface area contributed by atoms with Gasteiger partial charge < -0.3 is 29.5 Å². The summed E-state index contributed by atoms with van der Waals surface area (Å²) in [7, 11) is 4.59. The Hall–Kier alpha value is -4.31. The highest BCUT2D eigenvalue weighted by atomic mass is 16.5. The molecule has 0 spiro atoms. The summed E-state index contributed by atoms with van der Waals surface area (Å²) in [5.41, 5.74) is 2.33. The van der Waals surface area contributed by atoms with Crippen LogP contribution < -0.4 is 24.4 Å². The van der Waals surface area contributed by atoms with E-state index < -0.39 is 0 Å². The van der Waals surface area contributed by atoms with Gasteiger partial charge in [-0.15, -0.1) is 10.2 Å². The van der Waals surface area contributed by atoms with Crippen LogP contribution in [-0.4, -0.2) is 66.3 Å². The fourth-order valence-corrected chi connectivity index (χ4v) is 5.04. The van der Waals surface area contributed by atoms with Crippen LogP contribution in [0.3, 0.4) is 0 Å². The van der Waals surface area contributed by atoms with Gasteiger partial charge >= 0.3 is 0 Å². The maximum Gasteiger partial charge on any atom is 0.228 e. The molecule has 2 N–H and O–H groups in total. The Morgan fingerprint density at radius 3 is 2.39 bits per heavy atom. The number of nitrogens with one attached hydrogen (secondary N) is 1. The van der Waals surface area contributed by atoms with Crippen molar-refractivity contribution in [2.24, 2.45) is 0 Å². The van der Waals surface area contributed by atoms with Gasteiger partial charge in [-0.3, -0.25) is 9.36 Å². The third-order valence-electron chi connectivity index (χ3n) is 6.86. The lowest BCUT2D eigenvalue weighted by atomic mass is 10.1. The molecule has 2 aromatic carbocycles. The maximum atomic E-state index is 13.1.